The molecule has 9 nitrogen and oxygen atoms in total. The zero-order valence-electron chi connectivity index (χ0n) is 19.0. The summed E-state index contributed by atoms with van der Waals surface area (Å²) in [6.07, 6.45) is 9.39. The van der Waals surface area contributed by atoms with Crippen molar-refractivity contribution >= 4 is 28.3 Å². The normalized spacial score (nSPS) is 12.8. The molecule has 0 radical (unpaired) electrons. The van der Waals surface area contributed by atoms with Crippen molar-refractivity contribution in [3.05, 3.63) is 90.0 Å². The van der Waals surface area contributed by atoms with E-state index in [1.807, 2.05) is 0 Å². The third kappa shape index (κ3) is 3.89. The van der Waals surface area contributed by atoms with Crippen LogP contribution in [0.2, 0.25) is 0 Å². The van der Waals surface area contributed by atoms with Crippen LogP contribution < -0.4 is 5.73 Å². The number of pyridine rings is 1. The number of aromatic nitrogens is 6. The van der Waals surface area contributed by atoms with Crippen LogP contribution in [0.1, 0.15) is 29.0 Å². The highest BCUT2D eigenvalue weighted by Gasteiger charge is 2.26. The Bertz CT molecular complexity index is 1750. The molecule has 6 rings (SSSR count). The monoisotopic (exact) mass is 502 g/mol. The van der Waals surface area contributed by atoms with Gasteiger partial charge in [0.05, 0.1) is 53.3 Å². The molecule has 5 aromatic rings. The number of halogens is 3. The number of imidazole rings is 1. The Hall–Kier alpha value is -4.96. The molecule has 1 aromatic carbocycles. The highest BCUT2D eigenvalue weighted by molar-refractivity contribution is 5.99. The molecule has 0 bridgehead atoms. The second-order valence-corrected chi connectivity index (χ2v) is 8.38. The van der Waals surface area contributed by atoms with Gasteiger partial charge in [-0.3, -0.25) is 19.1 Å². The van der Waals surface area contributed by atoms with Crippen molar-refractivity contribution in [2.24, 2.45) is 0 Å². The second kappa shape index (κ2) is 8.61. The summed E-state index contributed by atoms with van der Waals surface area (Å²) in [7, 11) is 0. The van der Waals surface area contributed by atoms with Crippen LogP contribution >= 0.6 is 0 Å². The highest BCUT2D eigenvalue weighted by atomic mass is 19.3. The Morgan fingerprint density at radius 2 is 2.00 bits per heavy atom. The SMILES string of the molecule is Nc1nc2cc(F)c(C(=O)N(Cc3ccc(-c4cnn(C(F)F)c4)cn3)C3=C=CC3)cc2n2cncc12. The minimum absolute atomic E-state index is 0.0591. The molecule has 0 saturated carbocycles. The van der Waals surface area contributed by atoms with E-state index in [0.717, 1.165) is 0 Å². The first kappa shape index (κ1) is 22.5. The van der Waals surface area contributed by atoms with Crippen molar-refractivity contribution in [3.8, 4) is 11.1 Å². The lowest BCUT2D eigenvalue weighted by atomic mass is 10.1. The standard InChI is InChI=1S/C25H17F3N8O/c26-19-7-20-21(35-13-30-10-22(35)23(29)33-20)6-18(19)24(37)34(17-2-1-3-17)12-16-5-4-14(8-31-16)15-9-32-36(11-15)25(27)28/h1,4-11,13,25H,2,12H2,(H2,29,33). The number of amides is 1. The number of fused-ring (bicyclic) bond motifs is 3. The molecule has 1 aliphatic rings. The number of hydrogen-bond acceptors (Lipinski definition) is 6. The van der Waals surface area contributed by atoms with Crippen molar-refractivity contribution in [1.82, 2.24) is 34.0 Å². The summed E-state index contributed by atoms with van der Waals surface area (Å²) in [5.74, 6) is -1.10. The molecular weight excluding hydrogens is 485 g/mol. The van der Waals surface area contributed by atoms with Gasteiger partial charge >= 0.3 is 6.55 Å². The Kier molecular flexibility index (Phi) is 5.24. The van der Waals surface area contributed by atoms with Gasteiger partial charge in [-0.1, -0.05) is 6.07 Å². The Balaban J connectivity index is 1.33. The lowest BCUT2D eigenvalue weighted by molar-refractivity contribution is 0.0566. The molecule has 0 aliphatic heterocycles. The fraction of sp³-hybridized carbons (Fsp3) is 0.120. The van der Waals surface area contributed by atoms with Crippen LogP contribution in [-0.4, -0.2) is 39.9 Å². The van der Waals surface area contributed by atoms with Crippen molar-refractivity contribution in [2.45, 2.75) is 19.5 Å². The van der Waals surface area contributed by atoms with Crippen molar-refractivity contribution < 1.29 is 18.0 Å². The third-order valence-corrected chi connectivity index (χ3v) is 6.11. The first-order valence-corrected chi connectivity index (χ1v) is 11.1. The van der Waals surface area contributed by atoms with E-state index in [9.17, 15) is 13.6 Å². The molecule has 2 N–H and O–H groups in total. The molecule has 0 saturated heterocycles. The van der Waals surface area contributed by atoms with Gasteiger partial charge in [-0.25, -0.2) is 19.0 Å². The van der Waals surface area contributed by atoms with Crippen LogP contribution in [0.4, 0.5) is 19.0 Å². The third-order valence-electron chi connectivity index (χ3n) is 6.11. The average Bonchev–Trinajstić information content (AvgIpc) is 3.53. The van der Waals surface area contributed by atoms with Gasteiger partial charge in [-0.2, -0.15) is 13.9 Å². The van der Waals surface area contributed by atoms with Gasteiger partial charge in [0.2, 0.25) is 0 Å². The summed E-state index contributed by atoms with van der Waals surface area (Å²) in [4.78, 5) is 27.7. The van der Waals surface area contributed by atoms with Crippen molar-refractivity contribution in [3.63, 3.8) is 0 Å². The van der Waals surface area contributed by atoms with Crippen LogP contribution in [-0.2, 0) is 6.54 Å². The van der Waals surface area contributed by atoms with Gasteiger partial charge in [0.1, 0.15) is 17.2 Å². The van der Waals surface area contributed by atoms with Crippen LogP contribution in [0.3, 0.4) is 0 Å². The summed E-state index contributed by atoms with van der Waals surface area (Å²) in [5.41, 5.74) is 12.3. The van der Waals surface area contributed by atoms with E-state index in [4.69, 9.17) is 5.73 Å². The maximum Gasteiger partial charge on any atom is 0.333 e. The molecule has 12 heteroatoms. The van der Waals surface area contributed by atoms with E-state index in [2.05, 4.69) is 25.8 Å². The van der Waals surface area contributed by atoms with E-state index in [-0.39, 0.29) is 17.9 Å². The fourth-order valence-corrected chi connectivity index (χ4v) is 4.12. The number of hydrogen-bond donors (Lipinski definition) is 1. The van der Waals surface area contributed by atoms with Crippen LogP contribution in [0.15, 0.2) is 72.9 Å². The molecule has 4 aromatic heterocycles. The zero-order valence-corrected chi connectivity index (χ0v) is 19.0. The molecule has 184 valence electrons. The van der Waals surface area contributed by atoms with E-state index >= 15 is 4.39 Å². The molecule has 0 unspecified atom stereocenters. The van der Waals surface area contributed by atoms with Gasteiger partial charge in [0.15, 0.2) is 0 Å². The summed E-state index contributed by atoms with van der Waals surface area (Å²) < 4.78 is 43.0. The summed E-state index contributed by atoms with van der Waals surface area (Å²) in [5, 5.41) is 3.63. The van der Waals surface area contributed by atoms with Gasteiger partial charge in [0.25, 0.3) is 5.91 Å². The van der Waals surface area contributed by atoms with Gasteiger partial charge < -0.3 is 5.73 Å². The van der Waals surface area contributed by atoms with Crippen LogP contribution in [0, 0.1) is 5.82 Å². The minimum atomic E-state index is -2.74. The number of carbonyl (C=O) groups is 1. The number of carbonyl (C=O) groups excluding carboxylic acids is 1. The lowest BCUT2D eigenvalue weighted by Gasteiger charge is -2.26. The van der Waals surface area contributed by atoms with Crippen LogP contribution in [0.5, 0.6) is 0 Å². The van der Waals surface area contributed by atoms with E-state index in [0.29, 0.717) is 50.2 Å². The number of rotatable bonds is 6. The zero-order chi connectivity index (χ0) is 25.7. The largest absolute Gasteiger partial charge is 0.382 e. The number of nitrogens with two attached hydrogens (primary N) is 1. The molecule has 0 fully saturated rings. The van der Waals surface area contributed by atoms with Gasteiger partial charge in [-0.15, -0.1) is 5.73 Å². The van der Waals surface area contributed by atoms with E-state index in [1.165, 1.54) is 48.1 Å². The minimum Gasteiger partial charge on any atom is -0.382 e. The molecule has 1 amide bonds. The molecule has 0 atom stereocenters. The quantitative estimate of drug-likeness (QED) is 0.346. The Morgan fingerprint density at radius 1 is 1.16 bits per heavy atom. The maximum absolute atomic E-state index is 15.1. The van der Waals surface area contributed by atoms with Gasteiger partial charge in [0, 0.05) is 36.0 Å². The first-order chi connectivity index (χ1) is 17.9. The summed E-state index contributed by atoms with van der Waals surface area (Å²) >= 11 is 0. The number of alkyl halides is 2. The van der Waals surface area contributed by atoms with Crippen LogP contribution in [0.25, 0.3) is 27.7 Å². The lowest BCUT2D eigenvalue weighted by Crippen LogP contribution is -2.31. The first-order valence-electron chi connectivity index (χ1n) is 11.1. The smallest absolute Gasteiger partial charge is 0.333 e. The predicted octanol–water partition coefficient (Wildman–Crippen LogP) is 4.34. The topological polar surface area (TPSA) is 107 Å². The number of benzene rings is 1. The average molecular weight is 502 g/mol. The fourth-order valence-electron chi connectivity index (χ4n) is 4.12. The molecular formula is C25H17F3N8O. The number of nitrogen functional groups attached to an aromatic ring is 1. The Labute approximate surface area is 207 Å². The van der Waals surface area contributed by atoms with E-state index in [1.54, 1.807) is 22.6 Å². The molecule has 1 aliphatic carbocycles. The number of nitrogens with zero attached hydrogens (tertiary/aromatic N) is 7. The summed E-state index contributed by atoms with van der Waals surface area (Å²) in [6, 6.07) is 5.98. The van der Waals surface area contributed by atoms with Crippen molar-refractivity contribution in [2.75, 3.05) is 5.73 Å². The van der Waals surface area contributed by atoms with E-state index < -0.39 is 18.3 Å². The van der Waals surface area contributed by atoms with Gasteiger partial charge in [-0.05, 0) is 18.2 Å². The molecule has 37 heavy (non-hydrogen) atoms. The number of anilines is 1. The van der Waals surface area contributed by atoms with Crippen molar-refractivity contribution in [1.29, 1.82) is 0 Å². The second-order valence-electron chi connectivity index (χ2n) is 8.38. The molecule has 0 spiro atoms. The predicted molar refractivity (Wildman–Crippen MR) is 128 cm³/mol. The summed E-state index contributed by atoms with van der Waals surface area (Å²) in [6.45, 7) is -2.68. The highest BCUT2D eigenvalue weighted by Crippen LogP contribution is 2.27. The molecule has 4 heterocycles. The maximum atomic E-state index is 15.1. The Morgan fingerprint density at radius 3 is 2.68 bits per heavy atom.